The number of aryl methyl sites for hydroxylation is 1. The van der Waals surface area contributed by atoms with Crippen LogP contribution in [0.1, 0.15) is 39.2 Å². The van der Waals surface area contributed by atoms with Gasteiger partial charge in [-0.25, -0.2) is 0 Å². The summed E-state index contributed by atoms with van der Waals surface area (Å²) in [6.07, 6.45) is 1.44. The molecule has 0 aliphatic rings. The lowest BCUT2D eigenvalue weighted by atomic mass is 10.1. The second-order valence-electron chi connectivity index (χ2n) is 5.22. The molecule has 116 valence electrons. The summed E-state index contributed by atoms with van der Waals surface area (Å²) < 4.78 is 4.90. The highest BCUT2D eigenvalue weighted by Crippen LogP contribution is 2.08. The first-order chi connectivity index (χ1) is 10.0. The van der Waals surface area contributed by atoms with Crippen LogP contribution in [0.3, 0.4) is 0 Å². The Hall–Kier alpha value is -1.84. The normalized spacial score (nSPS) is 10.5. The van der Waals surface area contributed by atoms with Crippen molar-refractivity contribution in [3.05, 3.63) is 35.9 Å². The van der Waals surface area contributed by atoms with E-state index in [2.05, 4.69) is 0 Å². The smallest absolute Gasteiger partial charge is 0.307 e. The van der Waals surface area contributed by atoms with E-state index in [-0.39, 0.29) is 24.3 Å². The van der Waals surface area contributed by atoms with Gasteiger partial charge < -0.3 is 9.64 Å². The van der Waals surface area contributed by atoms with Crippen LogP contribution in [0.5, 0.6) is 0 Å². The Labute approximate surface area is 127 Å². The SMILES string of the molecule is CCOC(=O)CCN(C(=O)CCc1ccccc1)C(C)C. The van der Waals surface area contributed by atoms with Gasteiger partial charge in [-0.3, -0.25) is 9.59 Å². The van der Waals surface area contributed by atoms with Crippen LogP contribution in [0.2, 0.25) is 0 Å². The van der Waals surface area contributed by atoms with Gasteiger partial charge in [-0.05, 0) is 32.8 Å². The molecule has 21 heavy (non-hydrogen) atoms. The number of esters is 1. The van der Waals surface area contributed by atoms with Crippen LogP contribution < -0.4 is 0 Å². The molecule has 1 aromatic carbocycles. The van der Waals surface area contributed by atoms with Crippen LogP contribution in [0, 0.1) is 0 Å². The molecule has 0 aromatic heterocycles. The maximum absolute atomic E-state index is 12.3. The Morgan fingerprint density at radius 2 is 1.81 bits per heavy atom. The second kappa shape index (κ2) is 9.16. The lowest BCUT2D eigenvalue weighted by molar-refractivity contribution is -0.144. The van der Waals surface area contributed by atoms with Crippen molar-refractivity contribution >= 4 is 11.9 Å². The summed E-state index contributed by atoms with van der Waals surface area (Å²) in [6, 6.07) is 10.0. The van der Waals surface area contributed by atoms with Crippen molar-refractivity contribution in [2.24, 2.45) is 0 Å². The van der Waals surface area contributed by atoms with Crippen molar-refractivity contribution in [1.29, 1.82) is 0 Å². The molecule has 0 atom stereocenters. The van der Waals surface area contributed by atoms with E-state index in [1.165, 1.54) is 0 Å². The Balaban J connectivity index is 2.47. The predicted molar refractivity (Wildman–Crippen MR) is 82.9 cm³/mol. The molecule has 0 heterocycles. The number of rotatable bonds is 8. The number of benzene rings is 1. The third-order valence-electron chi connectivity index (χ3n) is 3.28. The molecule has 0 fully saturated rings. The minimum atomic E-state index is -0.251. The molecular formula is C17H25NO3. The summed E-state index contributed by atoms with van der Waals surface area (Å²) in [5.41, 5.74) is 1.15. The van der Waals surface area contributed by atoms with Crippen LogP contribution in [0.4, 0.5) is 0 Å². The lowest BCUT2D eigenvalue weighted by Crippen LogP contribution is -2.38. The van der Waals surface area contributed by atoms with Gasteiger partial charge in [0, 0.05) is 19.0 Å². The van der Waals surface area contributed by atoms with Gasteiger partial charge in [0.05, 0.1) is 13.0 Å². The number of amides is 1. The van der Waals surface area contributed by atoms with E-state index < -0.39 is 0 Å². The molecule has 0 N–H and O–H groups in total. The fraction of sp³-hybridized carbons (Fsp3) is 0.529. The van der Waals surface area contributed by atoms with E-state index in [0.717, 1.165) is 12.0 Å². The van der Waals surface area contributed by atoms with Crippen molar-refractivity contribution in [3.8, 4) is 0 Å². The largest absolute Gasteiger partial charge is 0.466 e. The van der Waals surface area contributed by atoms with Crippen LogP contribution >= 0.6 is 0 Å². The van der Waals surface area contributed by atoms with Crippen LogP contribution in [0.15, 0.2) is 30.3 Å². The monoisotopic (exact) mass is 291 g/mol. The number of nitrogens with zero attached hydrogens (tertiary/aromatic N) is 1. The predicted octanol–water partition coefficient (Wildman–Crippen LogP) is 2.81. The van der Waals surface area contributed by atoms with Gasteiger partial charge in [0.1, 0.15) is 0 Å². The number of hydrogen-bond donors (Lipinski definition) is 0. The Kier molecular flexibility index (Phi) is 7.51. The average Bonchev–Trinajstić information content (AvgIpc) is 2.46. The standard InChI is InChI=1S/C17H25NO3/c1-4-21-17(20)12-13-18(14(2)3)16(19)11-10-15-8-6-5-7-9-15/h5-9,14H,4,10-13H2,1-3H3. The van der Waals surface area contributed by atoms with Crippen LogP contribution in [-0.4, -0.2) is 36.0 Å². The fourth-order valence-electron chi connectivity index (χ4n) is 2.16. The van der Waals surface area contributed by atoms with Crippen molar-refractivity contribution in [2.75, 3.05) is 13.2 Å². The van der Waals surface area contributed by atoms with Crippen molar-refractivity contribution in [2.45, 2.75) is 46.1 Å². The highest BCUT2D eigenvalue weighted by atomic mass is 16.5. The van der Waals surface area contributed by atoms with E-state index in [1.807, 2.05) is 44.2 Å². The zero-order valence-electron chi connectivity index (χ0n) is 13.2. The lowest BCUT2D eigenvalue weighted by Gasteiger charge is -2.26. The third kappa shape index (κ3) is 6.43. The van der Waals surface area contributed by atoms with Crippen molar-refractivity contribution in [3.63, 3.8) is 0 Å². The molecule has 4 nitrogen and oxygen atoms in total. The van der Waals surface area contributed by atoms with E-state index in [9.17, 15) is 9.59 Å². The number of hydrogen-bond acceptors (Lipinski definition) is 3. The fourth-order valence-corrected chi connectivity index (χ4v) is 2.16. The summed E-state index contributed by atoms with van der Waals surface area (Å²) >= 11 is 0. The van der Waals surface area contributed by atoms with Crippen molar-refractivity contribution < 1.29 is 14.3 Å². The number of ether oxygens (including phenoxy) is 1. The molecule has 0 saturated carbocycles. The average molecular weight is 291 g/mol. The summed E-state index contributed by atoms with van der Waals surface area (Å²) in [5.74, 6) is -0.169. The summed E-state index contributed by atoms with van der Waals surface area (Å²) in [6.45, 7) is 6.51. The quantitative estimate of drug-likeness (QED) is 0.692. The highest BCUT2D eigenvalue weighted by Gasteiger charge is 2.18. The second-order valence-corrected chi connectivity index (χ2v) is 5.22. The molecule has 0 aliphatic carbocycles. The minimum Gasteiger partial charge on any atom is -0.466 e. The van der Waals surface area contributed by atoms with E-state index >= 15 is 0 Å². The van der Waals surface area contributed by atoms with Gasteiger partial charge >= 0.3 is 5.97 Å². The summed E-state index contributed by atoms with van der Waals surface area (Å²) in [5, 5.41) is 0. The Morgan fingerprint density at radius 1 is 1.14 bits per heavy atom. The molecule has 0 unspecified atom stereocenters. The Bertz CT molecular complexity index is 443. The first-order valence-electron chi connectivity index (χ1n) is 7.53. The molecule has 0 radical (unpaired) electrons. The molecule has 1 aromatic rings. The van der Waals surface area contributed by atoms with Crippen LogP contribution in [0.25, 0.3) is 0 Å². The summed E-state index contributed by atoms with van der Waals surface area (Å²) in [4.78, 5) is 25.5. The third-order valence-corrected chi connectivity index (χ3v) is 3.28. The molecule has 0 saturated heterocycles. The molecule has 0 bridgehead atoms. The molecule has 4 heteroatoms. The minimum absolute atomic E-state index is 0.0816. The van der Waals surface area contributed by atoms with E-state index in [4.69, 9.17) is 4.74 Å². The molecule has 0 spiro atoms. The maximum Gasteiger partial charge on any atom is 0.307 e. The first-order valence-corrected chi connectivity index (χ1v) is 7.53. The maximum atomic E-state index is 12.3. The Morgan fingerprint density at radius 3 is 2.38 bits per heavy atom. The highest BCUT2D eigenvalue weighted by molar-refractivity contribution is 5.77. The first kappa shape index (κ1) is 17.2. The van der Waals surface area contributed by atoms with Crippen LogP contribution in [-0.2, 0) is 20.7 Å². The topological polar surface area (TPSA) is 46.6 Å². The number of carbonyl (C=O) groups is 2. The molecular weight excluding hydrogens is 266 g/mol. The zero-order valence-corrected chi connectivity index (χ0v) is 13.2. The summed E-state index contributed by atoms with van der Waals surface area (Å²) in [7, 11) is 0. The van der Waals surface area contributed by atoms with Gasteiger partial charge in [-0.15, -0.1) is 0 Å². The number of carbonyl (C=O) groups excluding carboxylic acids is 2. The molecule has 1 rings (SSSR count). The van der Waals surface area contributed by atoms with Gasteiger partial charge in [0.25, 0.3) is 0 Å². The zero-order chi connectivity index (χ0) is 15.7. The van der Waals surface area contributed by atoms with Crippen molar-refractivity contribution in [1.82, 2.24) is 4.90 Å². The van der Waals surface area contributed by atoms with Gasteiger partial charge in [-0.2, -0.15) is 0 Å². The van der Waals surface area contributed by atoms with Gasteiger partial charge in [0.2, 0.25) is 5.91 Å². The van der Waals surface area contributed by atoms with E-state index in [0.29, 0.717) is 19.6 Å². The van der Waals surface area contributed by atoms with E-state index in [1.54, 1.807) is 11.8 Å². The van der Waals surface area contributed by atoms with Gasteiger partial charge in [0.15, 0.2) is 0 Å². The van der Waals surface area contributed by atoms with Gasteiger partial charge in [-0.1, -0.05) is 30.3 Å². The molecule has 0 aliphatic heterocycles. The molecule has 1 amide bonds.